The molecule has 2 N–H and O–H groups in total. The molecular formula is C18H22IN5OS. The molecule has 3 heterocycles. The van der Waals surface area contributed by atoms with Gasteiger partial charge in [-0.05, 0) is 23.6 Å². The number of aliphatic imine (C=N–C) groups is 1. The van der Waals surface area contributed by atoms with Crippen LogP contribution in [0.3, 0.4) is 0 Å². The number of nitrogens with zero attached hydrogens (tertiary/aromatic N) is 3. The van der Waals surface area contributed by atoms with Gasteiger partial charge in [0.05, 0.1) is 18.8 Å². The van der Waals surface area contributed by atoms with Crippen LogP contribution in [-0.4, -0.2) is 35.5 Å². The molecule has 0 fully saturated rings. The van der Waals surface area contributed by atoms with Crippen molar-refractivity contribution in [1.82, 2.24) is 20.0 Å². The third-order valence-corrected chi connectivity index (χ3v) is 5.03. The maximum absolute atomic E-state index is 5.55. The van der Waals surface area contributed by atoms with Gasteiger partial charge in [-0.25, -0.2) is 4.98 Å². The smallest absolute Gasteiger partial charge is 0.193 e. The first kappa shape index (κ1) is 19.0. The molecule has 0 spiro atoms. The van der Waals surface area contributed by atoms with Crippen LogP contribution in [-0.2, 0) is 19.4 Å². The van der Waals surface area contributed by atoms with Crippen LogP contribution in [0.15, 0.2) is 41.0 Å². The Morgan fingerprint density at radius 3 is 3.15 bits per heavy atom. The number of rotatable bonds is 5. The number of halogens is 1. The fourth-order valence-electron chi connectivity index (χ4n) is 2.98. The molecule has 0 atom stereocenters. The largest absolute Gasteiger partial charge is 0.493 e. The lowest BCUT2D eigenvalue weighted by Gasteiger charge is -2.11. The third kappa shape index (κ3) is 4.29. The number of guanidine groups is 1. The molecule has 138 valence electrons. The molecule has 1 aliphatic rings. The molecular weight excluding hydrogens is 461 g/mol. The molecule has 0 bridgehead atoms. The zero-order valence-electron chi connectivity index (χ0n) is 14.6. The topological polar surface area (TPSA) is 63.0 Å². The minimum absolute atomic E-state index is 0. The molecule has 1 aliphatic heterocycles. The van der Waals surface area contributed by atoms with Crippen LogP contribution in [0.5, 0.6) is 5.75 Å². The van der Waals surface area contributed by atoms with Gasteiger partial charge in [0.2, 0.25) is 0 Å². The molecule has 0 aliphatic carbocycles. The van der Waals surface area contributed by atoms with E-state index in [2.05, 4.69) is 38.8 Å². The van der Waals surface area contributed by atoms with Crippen LogP contribution in [0.1, 0.15) is 16.8 Å². The molecule has 8 heteroatoms. The minimum Gasteiger partial charge on any atom is -0.493 e. The Bertz CT molecular complexity index is 876. The monoisotopic (exact) mass is 483 g/mol. The molecule has 3 aromatic rings. The summed E-state index contributed by atoms with van der Waals surface area (Å²) < 4.78 is 7.59. The quantitative estimate of drug-likeness (QED) is 0.333. The lowest BCUT2D eigenvalue weighted by atomic mass is 10.1. The number of ether oxygens (including phenoxy) is 1. The van der Waals surface area contributed by atoms with Crippen LogP contribution in [0.4, 0.5) is 0 Å². The zero-order valence-corrected chi connectivity index (χ0v) is 17.7. The van der Waals surface area contributed by atoms with Gasteiger partial charge < -0.3 is 15.4 Å². The Balaban J connectivity index is 0.00000196. The predicted molar refractivity (Wildman–Crippen MR) is 116 cm³/mol. The van der Waals surface area contributed by atoms with Gasteiger partial charge in [0.1, 0.15) is 5.75 Å². The summed E-state index contributed by atoms with van der Waals surface area (Å²) in [4.78, 5) is 9.85. The van der Waals surface area contributed by atoms with Gasteiger partial charge >= 0.3 is 0 Å². The van der Waals surface area contributed by atoms with Gasteiger partial charge in [0.15, 0.2) is 10.9 Å². The van der Waals surface area contributed by atoms with E-state index in [-0.39, 0.29) is 24.0 Å². The molecule has 0 saturated carbocycles. The highest BCUT2D eigenvalue weighted by molar-refractivity contribution is 14.0. The molecule has 4 rings (SSSR count). The number of nitrogens with one attached hydrogen (secondary N) is 2. The normalized spacial score (nSPS) is 13.2. The van der Waals surface area contributed by atoms with Crippen molar-refractivity contribution in [3.63, 3.8) is 0 Å². The van der Waals surface area contributed by atoms with E-state index in [1.54, 1.807) is 18.4 Å². The summed E-state index contributed by atoms with van der Waals surface area (Å²) in [5.74, 6) is 1.83. The highest BCUT2D eigenvalue weighted by Gasteiger charge is 2.11. The van der Waals surface area contributed by atoms with E-state index in [0.29, 0.717) is 6.54 Å². The Hall–Kier alpha value is -1.81. The van der Waals surface area contributed by atoms with E-state index >= 15 is 0 Å². The van der Waals surface area contributed by atoms with Crippen LogP contribution >= 0.6 is 35.3 Å². The summed E-state index contributed by atoms with van der Waals surface area (Å²) in [5, 5.41) is 8.70. The Morgan fingerprint density at radius 2 is 2.31 bits per heavy atom. The van der Waals surface area contributed by atoms with Gasteiger partial charge in [-0.1, -0.05) is 12.1 Å². The van der Waals surface area contributed by atoms with Gasteiger partial charge in [0, 0.05) is 37.8 Å². The number of hydrogen-bond acceptors (Lipinski definition) is 4. The zero-order chi connectivity index (χ0) is 17.1. The van der Waals surface area contributed by atoms with Crippen molar-refractivity contribution in [2.24, 2.45) is 4.99 Å². The fourth-order valence-corrected chi connectivity index (χ4v) is 3.70. The van der Waals surface area contributed by atoms with Crippen molar-refractivity contribution in [2.45, 2.75) is 19.4 Å². The fraction of sp³-hybridized carbons (Fsp3) is 0.333. The molecule has 26 heavy (non-hydrogen) atoms. The summed E-state index contributed by atoms with van der Waals surface area (Å²) in [6.45, 7) is 2.29. The summed E-state index contributed by atoms with van der Waals surface area (Å²) in [5.41, 5.74) is 3.65. The van der Waals surface area contributed by atoms with Crippen molar-refractivity contribution in [2.75, 3.05) is 20.2 Å². The van der Waals surface area contributed by atoms with Crippen molar-refractivity contribution in [3.05, 3.63) is 52.8 Å². The van der Waals surface area contributed by atoms with E-state index in [0.717, 1.165) is 48.4 Å². The molecule has 1 aromatic carbocycles. The Kier molecular flexibility index (Phi) is 6.36. The van der Waals surface area contributed by atoms with E-state index in [1.165, 1.54) is 11.1 Å². The Morgan fingerprint density at radius 1 is 1.38 bits per heavy atom. The maximum Gasteiger partial charge on any atom is 0.193 e. The van der Waals surface area contributed by atoms with E-state index < -0.39 is 0 Å². The molecule has 0 amide bonds. The molecule has 0 radical (unpaired) electrons. The van der Waals surface area contributed by atoms with Crippen LogP contribution in [0, 0.1) is 0 Å². The van der Waals surface area contributed by atoms with Gasteiger partial charge in [-0.3, -0.25) is 9.39 Å². The van der Waals surface area contributed by atoms with Crippen molar-refractivity contribution >= 4 is 46.2 Å². The molecule has 2 aromatic heterocycles. The average Bonchev–Trinajstić information content (AvgIpc) is 3.32. The summed E-state index contributed by atoms with van der Waals surface area (Å²) >= 11 is 1.64. The van der Waals surface area contributed by atoms with Crippen LogP contribution in [0.2, 0.25) is 0 Å². The lowest BCUT2D eigenvalue weighted by molar-refractivity contribution is 0.357. The second-order valence-corrected chi connectivity index (χ2v) is 6.84. The highest BCUT2D eigenvalue weighted by Crippen LogP contribution is 2.25. The number of imidazole rings is 1. The number of thiazole rings is 1. The number of hydrogen-bond donors (Lipinski definition) is 2. The average molecular weight is 483 g/mol. The lowest BCUT2D eigenvalue weighted by Crippen LogP contribution is -2.37. The molecule has 0 saturated heterocycles. The van der Waals surface area contributed by atoms with Crippen molar-refractivity contribution in [3.8, 4) is 5.75 Å². The van der Waals surface area contributed by atoms with Gasteiger partial charge in [-0.15, -0.1) is 35.3 Å². The Labute approximate surface area is 173 Å². The summed E-state index contributed by atoms with van der Waals surface area (Å²) in [6.07, 6.45) is 6.03. The van der Waals surface area contributed by atoms with Crippen LogP contribution in [0.25, 0.3) is 4.96 Å². The number of fused-ring (bicyclic) bond motifs is 2. The molecule has 0 unspecified atom stereocenters. The highest BCUT2D eigenvalue weighted by atomic mass is 127. The van der Waals surface area contributed by atoms with Gasteiger partial charge in [-0.2, -0.15) is 0 Å². The van der Waals surface area contributed by atoms with E-state index in [4.69, 9.17) is 4.74 Å². The number of benzene rings is 1. The first-order valence-corrected chi connectivity index (χ1v) is 9.30. The third-order valence-electron chi connectivity index (χ3n) is 4.26. The summed E-state index contributed by atoms with van der Waals surface area (Å²) in [6, 6.07) is 6.47. The standard InChI is InChI=1S/C18H21N5OS.HI/c1-19-17(21-11-15-12-23-7-9-25-18(23)22-15)20-6-4-13-2-3-16-14(10-13)5-8-24-16;/h2-3,7,9-10,12H,4-6,8,11H2,1H3,(H2,19,20,21);1H. The predicted octanol–water partition coefficient (Wildman–Crippen LogP) is 2.86. The first-order chi connectivity index (χ1) is 12.3. The molecule has 6 nitrogen and oxygen atoms in total. The van der Waals surface area contributed by atoms with Crippen molar-refractivity contribution in [1.29, 1.82) is 0 Å². The second kappa shape index (κ2) is 8.72. The second-order valence-electron chi connectivity index (χ2n) is 5.97. The van der Waals surface area contributed by atoms with Gasteiger partial charge in [0.25, 0.3) is 0 Å². The minimum atomic E-state index is 0. The van der Waals surface area contributed by atoms with Crippen molar-refractivity contribution < 1.29 is 4.74 Å². The summed E-state index contributed by atoms with van der Waals surface area (Å²) in [7, 11) is 1.79. The van der Waals surface area contributed by atoms with E-state index in [9.17, 15) is 0 Å². The SMILES string of the molecule is CN=C(NCCc1ccc2c(c1)CCO2)NCc1cn2ccsc2n1.I. The first-order valence-electron chi connectivity index (χ1n) is 8.42. The number of aromatic nitrogens is 2. The van der Waals surface area contributed by atoms with E-state index in [1.807, 2.05) is 22.2 Å². The van der Waals surface area contributed by atoms with Crippen LogP contribution < -0.4 is 15.4 Å². The maximum atomic E-state index is 5.55.